The van der Waals surface area contributed by atoms with Gasteiger partial charge in [0, 0.05) is 12.2 Å². The number of carbonyl (C=O) groups excluding carboxylic acids is 1. The molecule has 1 heterocycles. The van der Waals surface area contributed by atoms with E-state index in [4.69, 9.17) is 0 Å². The molecule has 2 N–H and O–H groups in total. The average Bonchev–Trinajstić information content (AvgIpc) is 2.31. The topological polar surface area (TPSA) is 41.1 Å². The highest BCUT2D eigenvalue weighted by Crippen LogP contribution is 2.13. The maximum absolute atomic E-state index is 11.8. The quantitative estimate of drug-likeness (QED) is 0.831. The molecule has 4 heteroatoms. The lowest BCUT2D eigenvalue weighted by Gasteiger charge is -2.21. The summed E-state index contributed by atoms with van der Waals surface area (Å²) in [5, 5.41) is 6.17. The third kappa shape index (κ3) is 3.51. The van der Waals surface area contributed by atoms with Crippen LogP contribution in [-0.2, 0) is 4.79 Å². The number of nitrogens with one attached hydrogen (secondary N) is 2. The lowest BCUT2D eigenvalue weighted by Crippen LogP contribution is -2.37. The van der Waals surface area contributed by atoms with Crippen LogP contribution in [-0.4, -0.2) is 19.0 Å². The van der Waals surface area contributed by atoms with Crippen LogP contribution in [0.1, 0.15) is 12.8 Å². The number of benzene rings is 1. The maximum Gasteiger partial charge on any atom is 0.228 e. The molecule has 2 rings (SSSR count). The Morgan fingerprint density at radius 2 is 2.06 bits per heavy atom. The molecule has 0 unspecified atom stereocenters. The van der Waals surface area contributed by atoms with Gasteiger partial charge >= 0.3 is 0 Å². The van der Waals surface area contributed by atoms with Crippen LogP contribution < -0.4 is 10.6 Å². The first-order chi connectivity index (χ1) is 7.36. The Bertz CT molecular complexity index is 323. The Labute approximate surface area is 102 Å². The lowest BCUT2D eigenvalue weighted by atomic mass is 9.99. The average molecular weight is 241 g/mol. The molecule has 16 heavy (non-hydrogen) atoms. The number of rotatable bonds is 2. The number of piperidine rings is 1. The fourth-order valence-electron chi connectivity index (χ4n) is 1.84. The second-order valence-corrected chi connectivity index (χ2v) is 3.90. The predicted molar refractivity (Wildman–Crippen MR) is 67.9 cm³/mol. The number of anilines is 1. The largest absolute Gasteiger partial charge is 0.326 e. The molecule has 1 saturated heterocycles. The van der Waals surface area contributed by atoms with E-state index in [2.05, 4.69) is 10.6 Å². The second-order valence-electron chi connectivity index (χ2n) is 3.90. The molecule has 0 spiro atoms. The van der Waals surface area contributed by atoms with E-state index in [0.717, 1.165) is 31.6 Å². The summed E-state index contributed by atoms with van der Waals surface area (Å²) in [5.74, 6) is 0.257. The number of hydrogen-bond acceptors (Lipinski definition) is 2. The Morgan fingerprint density at radius 1 is 1.31 bits per heavy atom. The molecule has 0 saturated carbocycles. The highest BCUT2D eigenvalue weighted by molar-refractivity contribution is 5.92. The SMILES string of the molecule is Cl.O=C(Nc1ccccc1)[C@@H]1CCCNC1. The van der Waals surface area contributed by atoms with Crippen molar-refractivity contribution in [3.63, 3.8) is 0 Å². The van der Waals surface area contributed by atoms with Crippen molar-refractivity contribution in [3.05, 3.63) is 30.3 Å². The molecule has 1 aliphatic heterocycles. The minimum atomic E-state index is 0. The van der Waals surface area contributed by atoms with E-state index in [1.54, 1.807) is 0 Å². The highest BCUT2D eigenvalue weighted by Gasteiger charge is 2.20. The van der Waals surface area contributed by atoms with Crippen molar-refractivity contribution in [2.45, 2.75) is 12.8 Å². The van der Waals surface area contributed by atoms with Crippen LogP contribution in [0.5, 0.6) is 0 Å². The highest BCUT2D eigenvalue weighted by atomic mass is 35.5. The van der Waals surface area contributed by atoms with E-state index >= 15 is 0 Å². The van der Waals surface area contributed by atoms with Crippen molar-refractivity contribution >= 4 is 24.0 Å². The van der Waals surface area contributed by atoms with Crippen molar-refractivity contribution in [1.29, 1.82) is 0 Å². The fourth-order valence-corrected chi connectivity index (χ4v) is 1.84. The van der Waals surface area contributed by atoms with Gasteiger partial charge in [-0.2, -0.15) is 0 Å². The first-order valence-electron chi connectivity index (χ1n) is 5.43. The van der Waals surface area contributed by atoms with E-state index in [1.807, 2.05) is 30.3 Å². The number of amides is 1. The van der Waals surface area contributed by atoms with Crippen LogP contribution in [0, 0.1) is 5.92 Å². The number of carbonyl (C=O) groups is 1. The molecule has 0 radical (unpaired) electrons. The molecule has 0 aliphatic carbocycles. The minimum Gasteiger partial charge on any atom is -0.326 e. The zero-order valence-electron chi connectivity index (χ0n) is 9.11. The molecule has 3 nitrogen and oxygen atoms in total. The van der Waals surface area contributed by atoms with Crippen molar-refractivity contribution in [3.8, 4) is 0 Å². The molecule has 1 aromatic carbocycles. The Balaban J connectivity index is 0.00000128. The first-order valence-corrected chi connectivity index (χ1v) is 5.43. The van der Waals surface area contributed by atoms with Gasteiger partial charge in [-0.15, -0.1) is 12.4 Å². The smallest absolute Gasteiger partial charge is 0.228 e. The number of para-hydroxylation sites is 1. The van der Waals surface area contributed by atoms with Crippen LogP contribution in [0.3, 0.4) is 0 Å². The third-order valence-corrected chi connectivity index (χ3v) is 2.71. The van der Waals surface area contributed by atoms with E-state index in [9.17, 15) is 4.79 Å². The summed E-state index contributed by atoms with van der Waals surface area (Å²) >= 11 is 0. The van der Waals surface area contributed by atoms with Crippen LogP contribution in [0.15, 0.2) is 30.3 Å². The van der Waals surface area contributed by atoms with E-state index in [1.165, 1.54) is 0 Å². The number of halogens is 1. The van der Waals surface area contributed by atoms with Gasteiger partial charge < -0.3 is 10.6 Å². The summed E-state index contributed by atoms with van der Waals surface area (Å²) in [6, 6.07) is 9.61. The van der Waals surface area contributed by atoms with Crippen molar-refractivity contribution < 1.29 is 4.79 Å². The van der Waals surface area contributed by atoms with Crippen LogP contribution in [0.2, 0.25) is 0 Å². The summed E-state index contributed by atoms with van der Waals surface area (Å²) in [5.41, 5.74) is 0.882. The molecule has 1 atom stereocenters. The summed E-state index contributed by atoms with van der Waals surface area (Å²) in [4.78, 5) is 11.8. The Hall–Kier alpha value is -1.06. The summed E-state index contributed by atoms with van der Waals surface area (Å²) in [6.07, 6.45) is 2.08. The molecule has 1 aliphatic rings. The zero-order chi connectivity index (χ0) is 10.5. The van der Waals surface area contributed by atoms with Gasteiger partial charge in [0.1, 0.15) is 0 Å². The van der Waals surface area contributed by atoms with Gasteiger partial charge in [-0.1, -0.05) is 18.2 Å². The van der Waals surface area contributed by atoms with Crippen LogP contribution in [0.4, 0.5) is 5.69 Å². The van der Waals surface area contributed by atoms with Gasteiger partial charge in [0.15, 0.2) is 0 Å². The minimum absolute atomic E-state index is 0. The van der Waals surface area contributed by atoms with Gasteiger partial charge in [0.05, 0.1) is 5.92 Å². The van der Waals surface area contributed by atoms with Gasteiger partial charge in [-0.25, -0.2) is 0 Å². The first kappa shape index (κ1) is 13.0. The Morgan fingerprint density at radius 3 is 2.69 bits per heavy atom. The van der Waals surface area contributed by atoms with Crippen LogP contribution in [0.25, 0.3) is 0 Å². The predicted octanol–water partition coefficient (Wildman–Crippen LogP) is 2.05. The number of hydrogen-bond donors (Lipinski definition) is 2. The standard InChI is InChI=1S/C12H16N2O.ClH/c15-12(10-5-4-8-13-9-10)14-11-6-2-1-3-7-11;/h1-3,6-7,10,13H,4-5,8-9H2,(H,14,15);1H/t10-;/m1./s1. The van der Waals surface area contributed by atoms with Crippen molar-refractivity contribution in [1.82, 2.24) is 5.32 Å². The van der Waals surface area contributed by atoms with Gasteiger partial charge in [-0.05, 0) is 31.5 Å². The van der Waals surface area contributed by atoms with E-state index in [0.29, 0.717) is 0 Å². The molecule has 1 fully saturated rings. The maximum atomic E-state index is 11.8. The fraction of sp³-hybridized carbons (Fsp3) is 0.417. The monoisotopic (exact) mass is 240 g/mol. The molecule has 0 aromatic heterocycles. The molecule has 1 aromatic rings. The van der Waals surface area contributed by atoms with E-state index in [-0.39, 0.29) is 24.2 Å². The van der Waals surface area contributed by atoms with Crippen molar-refractivity contribution in [2.24, 2.45) is 5.92 Å². The second kappa shape index (κ2) is 6.51. The lowest BCUT2D eigenvalue weighted by molar-refractivity contribution is -0.120. The third-order valence-electron chi connectivity index (χ3n) is 2.71. The summed E-state index contributed by atoms with van der Waals surface area (Å²) in [7, 11) is 0. The summed E-state index contributed by atoms with van der Waals surface area (Å²) in [6.45, 7) is 1.84. The molecule has 0 bridgehead atoms. The Kier molecular flexibility index (Phi) is 5.29. The van der Waals surface area contributed by atoms with Gasteiger partial charge in [0.25, 0.3) is 0 Å². The van der Waals surface area contributed by atoms with E-state index < -0.39 is 0 Å². The molecule has 1 amide bonds. The zero-order valence-corrected chi connectivity index (χ0v) is 9.93. The van der Waals surface area contributed by atoms with Gasteiger partial charge in [0.2, 0.25) is 5.91 Å². The molecular formula is C12H17ClN2O. The summed E-state index contributed by atoms with van der Waals surface area (Å²) < 4.78 is 0. The molecular weight excluding hydrogens is 224 g/mol. The molecule has 88 valence electrons. The van der Waals surface area contributed by atoms with Gasteiger partial charge in [-0.3, -0.25) is 4.79 Å². The van der Waals surface area contributed by atoms with Crippen molar-refractivity contribution in [2.75, 3.05) is 18.4 Å². The van der Waals surface area contributed by atoms with Crippen LogP contribution >= 0.6 is 12.4 Å². The normalized spacial score (nSPS) is 19.6.